The highest BCUT2D eigenvalue weighted by Crippen LogP contribution is 2.17. The molecule has 1 aromatic rings. The second-order valence-electron chi connectivity index (χ2n) is 5.30. The molecular weight excluding hydrogens is 254 g/mol. The summed E-state index contributed by atoms with van der Waals surface area (Å²) in [5.41, 5.74) is 1.00. The van der Waals surface area contributed by atoms with Crippen molar-refractivity contribution in [2.75, 3.05) is 32.0 Å². The maximum atomic E-state index is 10.9. The number of carbonyl (C=O) groups is 1. The first-order valence-electron chi connectivity index (χ1n) is 7.13. The van der Waals surface area contributed by atoms with E-state index in [0.29, 0.717) is 5.92 Å². The van der Waals surface area contributed by atoms with Crippen molar-refractivity contribution in [2.24, 2.45) is 5.92 Å². The summed E-state index contributed by atoms with van der Waals surface area (Å²) < 4.78 is 0. The molecule has 0 bridgehead atoms. The molecule has 2 N–H and O–H groups in total. The smallest absolute Gasteiger partial charge is 0.216 e. The van der Waals surface area contributed by atoms with Gasteiger partial charge in [0, 0.05) is 27.1 Å². The summed E-state index contributed by atoms with van der Waals surface area (Å²) in [6.45, 7) is 5.34. The zero-order valence-corrected chi connectivity index (χ0v) is 12.2. The van der Waals surface area contributed by atoms with Crippen molar-refractivity contribution >= 4 is 11.7 Å². The minimum absolute atomic E-state index is 0.0623. The molecule has 2 heterocycles. The van der Waals surface area contributed by atoms with Crippen LogP contribution in [-0.2, 0) is 11.3 Å². The number of likely N-dealkylation sites (tertiary alicyclic amines) is 1. The van der Waals surface area contributed by atoms with Gasteiger partial charge in [-0.1, -0.05) is 0 Å². The third-order valence-corrected chi connectivity index (χ3v) is 3.69. The van der Waals surface area contributed by atoms with Crippen LogP contribution < -0.4 is 10.6 Å². The van der Waals surface area contributed by atoms with Gasteiger partial charge in [-0.05, 0) is 31.8 Å². The first-order chi connectivity index (χ1) is 9.67. The number of piperidine rings is 1. The SMILES string of the molecule is CNc1cnc(CN2CCC(CNC(C)=O)CC2)cn1. The van der Waals surface area contributed by atoms with E-state index in [0.717, 1.165) is 50.5 Å². The van der Waals surface area contributed by atoms with Crippen molar-refractivity contribution in [3.63, 3.8) is 0 Å². The van der Waals surface area contributed by atoms with E-state index >= 15 is 0 Å². The molecule has 0 aliphatic carbocycles. The molecule has 0 saturated carbocycles. The minimum atomic E-state index is 0.0623. The van der Waals surface area contributed by atoms with Crippen LogP contribution in [-0.4, -0.2) is 47.5 Å². The number of anilines is 1. The highest BCUT2D eigenvalue weighted by molar-refractivity contribution is 5.72. The monoisotopic (exact) mass is 277 g/mol. The van der Waals surface area contributed by atoms with Crippen molar-refractivity contribution in [1.82, 2.24) is 20.2 Å². The Morgan fingerprint density at radius 2 is 2.10 bits per heavy atom. The van der Waals surface area contributed by atoms with Gasteiger partial charge in [-0.2, -0.15) is 0 Å². The first-order valence-corrected chi connectivity index (χ1v) is 7.13. The molecule has 1 saturated heterocycles. The van der Waals surface area contributed by atoms with Crippen LogP contribution in [0.5, 0.6) is 0 Å². The maximum absolute atomic E-state index is 10.9. The van der Waals surface area contributed by atoms with Crippen LogP contribution in [0.1, 0.15) is 25.5 Å². The Morgan fingerprint density at radius 1 is 1.35 bits per heavy atom. The van der Waals surface area contributed by atoms with Gasteiger partial charge in [-0.3, -0.25) is 14.7 Å². The predicted octanol–water partition coefficient (Wildman–Crippen LogP) is 0.866. The van der Waals surface area contributed by atoms with E-state index in [1.807, 2.05) is 13.2 Å². The van der Waals surface area contributed by atoms with Gasteiger partial charge in [0.2, 0.25) is 5.91 Å². The van der Waals surface area contributed by atoms with Crippen LogP contribution in [0.25, 0.3) is 0 Å². The molecule has 0 radical (unpaired) electrons. The average molecular weight is 277 g/mol. The summed E-state index contributed by atoms with van der Waals surface area (Å²) in [5.74, 6) is 1.46. The lowest BCUT2D eigenvalue weighted by Gasteiger charge is -2.31. The van der Waals surface area contributed by atoms with Gasteiger partial charge >= 0.3 is 0 Å². The summed E-state index contributed by atoms with van der Waals surface area (Å²) in [5, 5.41) is 5.87. The van der Waals surface area contributed by atoms with Crippen molar-refractivity contribution in [1.29, 1.82) is 0 Å². The Labute approximate surface area is 120 Å². The molecule has 0 spiro atoms. The van der Waals surface area contributed by atoms with Crippen molar-refractivity contribution in [3.8, 4) is 0 Å². The highest BCUT2D eigenvalue weighted by Gasteiger charge is 2.19. The van der Waals surface area contributed by atoms with Crippen molar-refractivity contribution < 1.29 is 4.79 Å². The molecule has 1 aliphatic heterocycles. The normalized spacial score (nSPS) is 16.9. The van der Waals surface area contributed by atoms with Gasteiger partial charge in [0.1, 0.15) is 5.82 Å². The van der Waals surface area contributed by atoms with Gasteiger partial charge in [0.25, 0.3) is 0 Å². The van der Waals surface area contributed by atoms with Crippen LogP contribution in [0.4, 0.5) is 5.82 Å². The topological polar surface area (TPSA) is 70.2 Å². The Kier molecular flexibility index (Phi) is 5.29. The summed E-state index contributed by atoms with van der Waals surface area (Å²) in [6.07, 6.45) is 5.85. The molecule has 0 atom stereocenters. The summed E-state index contributed by atoms with van der Waals surface area (Å²) in [6, 6.07) is 0. The lowest BCUT2D eigenvalue weighted by atomic mass is 9.96. The third-order valence-electron chi connectivity index (χ3n) is 3.69. The molecule has 1 amide bonds. The van der Waals surface area contributed by atoms with Gasteiger partial charge in [-0.25, -0.2) is 4.98 Å². The average Bonchev–Trinajstić information content (AvgIpc) is 2.47. The second kappa shape index (κ2) is 7.19. The van der Waals surface area contributed by atoms with E-state index in [1.54, 1.807) is 13.1 Å². The standard InChI is InChI=1S/C14H23N5O/c1-11(20)16-7-12-3-5-19(6-4-12)10-13-8-18-14(15-2)9-17-13/h8-9,12H,3-7,10H2,1-2H3,(H,15,18)(H,16,20). The third kappa shape index (κ3) is 4.45. The quantitative estimate of drug-likeness (QED) is 0.835. The van der Waals surface area contributed by atoms with Gasteiger partial charge < -0.3 is 10.6 Å². The Bertz CT molecular complexity index is 426. The Morgan fingerprint density at radius 3 is 2.65 bits per heavy atom. The van der Waals surface area contributed by atoms with Crippen molar-refractivity contribution in [2.45, 2.75) is 26.3 Å². The van der Waals surface area contributed by atoms with Gasteiger partial charge in [0.15, 0.2) is 0 Å². The molecule has 20 heavy (non-hydrogen) atoms. The Balaban J connectivity index is 1.74. The number of aromatic nitrogens is 2. The number of rotatable bonds is 5. The second-order valence-corrected chi connectivity index (χ2v) is 5.30. The fourth-order valence-electron chi connectivity index (χ4n) is 2.43. The summed E-state index contributed by atoms with van der Waals surface area (Å²) in [7, 11) is 1.84. The molecule has 6 heteroatoms. The van der Waals surface area contributed by atoms with Gasteiger partial charge in [0.05, 0.1) is 18.1 Å². The van der Waals surface area contributed by atoms with Crippen molar-refractivity contribution in [3.05, 3.63) is 18.1 Å². The number of carbonyl (C=O) groups excluding carboxylic acids is 1. The first kappa shape index (κ1) is 14.7. The molecule has 2 rings (SSSR count). The number of nitrogens with one attached hydrogen (secondary N) is 2. The molecular formula is C14H23N5O. The summed E-state index contributed by atoms with van der Waals surface area (Å²) >= 11 is 0. The van der Waals surface area contributed by atoms with E-state index in [1.165, 1.54) is 0 Å². The van der Waals surface area contributed by atoms with E-state index in [-0.39, 0.29) is 5.91 Å². The number of amides is 1. The molecule has 1 aromatic heterocycles. The lowest BCUT2D eigenvalue weighted by molar-refractivity contribution is -0.119. The number of hydrogen-bond donors (Lipinski definition) is 2. The van der Waals surface area contributed by atoms with Crippen LogP contribution >= 0.6 is 0 Å². The number of nitrogens with zero attached hydrogens (tertiary/aromatic N) is 3. The molecule has 1 fully saturated rings. The number of hydrogen-bond acceptors (Lipinski definition) is 5. The maximum Gasteiger partial charge on any atom is 0.216 e. The van der Waals surface area contributed by atoms with Crippen LogP contribution in [0.15, 0.2) is 12.4 Å². The molecule has 1 aliphatic rings. The predicted molar refractivity (Wildman–Crippen MR) is 78.3 cm³/mol. The molecule has 110 valence electrons. The Hall–Kier alpha value is -1.69. The zero-order valence-electron chi connectivity index (χ0n) is 12.2. The van der Waals surface area contributed by atoms with E-state index in [4.69, 9.17) is 0 Å². The summed E-state index contributed by atoms with van der Waals surface area (Å²) in [4.78, 5) is 22.0. The highest BCUT2D eigenvalue weighted by atomic mass is 16.1. The minimum Gasteiger partial charge on any atom is -0.372 e. The molecule has 6 nitrogen and oxygen atoms in total. The zero-order chi connectivity index (χ0) is 14.4. The van der Waals surface area contributed by atoms with Crippen LogP contribution in [0, 0.1) is 5.92 Å². The van der Waals surface area contributed by atoms with Crippen LogP contribution in [0.3, 0.4) is 0 Å². The van der Waals surface area contributed by atoms with E-state index in [2.05, 4.69) is 25.5 Å². The van der Waals surface area contributed by atoms with Crippen LogP contribution in [0.2, 0.25) is 0 Å². The fraction of sp³-hybridized carbons (Fsp3) is 0.643. The largest absolute Gasteiger partial charge is 0.372 e. The van der Waals surface area contributed by atoms with Gasteiger partial charge in [-0.15, -0.1) is 0 Å². The van der Waals surface area contributed by atoms with E-state index < -0.39 is 0 Å². The van der Waals surface area contributed by atoms with E-state index in [9.17, 15) is 4.79 Å². The lowest BCUT2D eigenvalue weighted by Crippen LogP contribution is -2.38. The fourth-order valence-corrected chi connectivity index (χ4v) is 2.43. The molecule has 0 aromatic carbocycles. The molecule has 0 unspecified atom stereocenters.